The van der Waals surface area contributed by atoms with Crippen LogP contribution in [0, 0.1) is 5.92 Å². The fourth-order valence-corrected chi connectivity index (χ4v) is 3.37. The number of nitrogens with two attached hydrogens (primary N) is 1. The van der Waals surface area contributed by atoms with Gasteiger partial charge in [-0.2, -0.15) is 0 Å². The summed E-state index contributed by atoms with van der Waals surface area (Å²) in [7, 11) is 0. The van der Waals surface area contributed by atoms with E-state index in [1.54, 1.807) is 25.3 Å². The number of oxazole rings is 1. The second-order valence-electron chi connectivity index (χ2n) is 8.04. The Hall–Kier alpha value is -4.07. The van der Waals surface area contributed by atoms with Gasteiger partial charge in [0.1, 0.15) is 23.1 Å². The van der Waals surface area contributed by atoms with Gasteiger partial charge in [0.05, 0.1) is 12.2 Å². The van der Waals surface area contributed by atoms with Crippen LogP contribution in [0.1, 0.15) is 31.4 Å². The summed E-state index contributed by atoms with van der Waals surface area (Å²) in [6.07, 6.45) is 2.82. The predicted octanol–water partition coefficient (Wildman–Crippen LogP) is 5.63. The normalized spacial score (nSPS) is 14.1. The number of ether oxygens (including phenoxy) is 3. The Morgan fingerprint density at radius 1 is 1.15 bits per heavy atom. The number of pyridine rings is 1. The van der Waals surface area contributed by atoms with E-state index in [-0.39, 0.29) is 0 Å². The molecule has 1 saturated carbocycles. The van der Waals surface area contributed by atoms with Gasteiger partial charge in [-0.3, -0.25) is 0 Å². The highest BCUT2D eigenvalue weighted by atomic mass is 16.6. The van der Waals surface area contributed by atoms with Crippen LogP contribution in [-0.4, -0.2) is 22.7 Å². The second-order valence-corrected chi connectivity index (χ2v) is 8.04. The maximum atomic E-state index is 11.0. The van der Waals surface area contributed by atoms with Crippen LogP contribution in [-0.2, 0) is 4.74 Å². The van der Waals surface area contributed by atoms with Crippen molar-refractivity contribution in [3.63, 3.8) is 0 Å². The van der Waals surface area contributed by atoms with Crippen molar-refractivity contribution in [1.82, 2.24) is 9.97 Å². The Bertz CT molecular complexity index is 1280. The van der Waals surface area contributed by atoms with Crippen molar-refractivity contribution in [1.29, 1.82) is 0 Å². The maximum absolute atomic E-state index is 11.0. The highest BCUT2D eigenvalue weighted by Crippen LogP contribution is 2.31. The first-order chi connectivity index (χ1) is 16.0. The second kappa shape index (κ2) is 8.82. The number of carbonyl (C=O) groups excluding carboxylic acids is 1. The summed E-state index contributed by atoms with van der Waals surface area (Å²) in [5.74, 6) is 3.02. The van der Waals surface area contributed by atoms with Crippen molar-refractivity contribution < 1.29 is 23.4 Å². The molecule has 1 aliphatic rings. The minimum Gasteiger partial charge on any atom is -0.493 e. The van der Waals surface area contributed by atoms with Gasteiger partial charge in [0.15, 0.2) is 5.58 Å². The molecule has 168 valence electrons. The SMILES string of the molecule is C[C@H](OC(N)=O)c1ccc2nc(-c3ccc(Oc4cccc(OCC5CC5)c4)nc3)oc2c1. The quantitative estimate of drug-likeness (QED) is 0.374. The van der Waals surface area contributed by atoms with E-state index in [4.69, 9.17) is 24.4 Å². The third kappa shape index (κ3) is 5.06. The number of primary amides is 1. The lowest BCUT2D eigenvalue weighted by molar-refractivity contribution is 0.116. The number of carbonyl (C=O) groups is 1. The van der Waals surface area contributed by atoms with E-state index in [0.29, 0.717) is 40.1 Å². The molecule has 5 rings (SSSR count). The number of hydrogen-bond acceptors (Lipinski definition) is 7. The summed E-state index contributed by atoms with van der Waals surface area (Å²) in [6, 6.07) is 16.5. The van der Waals surface area contributed by atoms with Crippen molar-refractivity contribution in [2.45, 2.75) is 25.9 Å². The number of amides is 1. The van der Waals surface area contributed by atoms with Crippen LogP contribution in [0.25, 0.3) is 22.6 Å². The fraction of sp³-hybridized carbons (Fsp3) is 0.240. The molecule has 1 atom stereocenters. The molecule has 1 aliphatic carbocycles. The molecule has 0 aliphatic heterocycles. The van der Waals surface area contributed by atoms with Crippen LogP contribution in [0.3, 0.4) is 0 Å². The van der Waals surface area contributed by atoms with Gasteiger partial charge in [-0.05, 0) is 61.6 Å². The predicted molar refractivity (Wildman–Crippen MR) is 121 cm³/mol. The zero-order chi connectivity index (χ0) is 22.8. The van der Waals surface area contributed by atoms with E-state index in [1.807, 2.05) is 42.5 Å². The Morgan fingerprint density at radius 3 is 2.76 bits per heavy atom. The summed E-state index contributed by atoms with van der Waals surface area (Å²) in [6.45, 7) is 2.49. The molecular weight excluding hydrogens is 422 g/mol. The smallest absolute Gasteiger partial charge is 0.405 e. The summed E-state index contributed by atoms with van der Waals surface area (Å²) >= 11 is 0. The van der Waals surface area contributed by atoms with Crippen molar-refractivity contribution >= 4 is 17.2 Å². The third-order valence-electron chi connectivity index (χ3n) is 5.37. The van der Waals surface area contributed by atoms with E-state index in [0.717, 1.165) is 17.9 Å². The minimum atomic E-state index is -0.827. The van der Waals surface area contributed by atoms with Crippen LogP contribution in [0.5, 0.6) is 17.4 Å². The molecule has 8 heteroatoms. The molecule has 0 unspecified atom stereocenters. The zero-order valence-corrected chi connectivity index (χ0v) is 18.1. The summed E-state index contributed by atoms with van der Waals surface area (Å²) in [5.41, 5.74) is 7.83. The Kier molecular flexibility index (Phi) is 5.56. The lowest BCUT2D eigenvalue weighted by atomic mass is 10.1. The van der Waals surface area contributed by atoms with E-state index in [1.165, 1.54) is 12.8 Å². The van der Waals surface area contributed by atoms with Crippen LogP contribution in [0.15, 0.2) is 65.2 Å². The first-order valence-electron chi connectivity index (χ1n) is 10.8. The number of hydrogen-bond donors (Lipinski definition) is 1. The first-order valence-corrected chi connectivity index (χ1v) is 10.8. The van der Waals surface area contributed by atoms with E-state index < -0.39 is 12.2 Å². The lowest BCUT2D eigenvalue weighted by Crippen LogP contribution is -2.15. The third-order valence-corrected chi connectivity index (χ3v) is 5.37. The van der Waals surface area contributed by atoms with Gasteiger partial charge < -0.3 is 24.4 Å². The van der Waals surface area contributed by atoms with Gasteiger partial charge in [0.25, 0.3) is 0 Å². The van der Waals surface area contributed by atoms with Crippen molar-refractivity contribution in [2.24, 2.45) is 11.7 Å². The van der Waals surface area contributed by atoms with E-state index in [9.17, 15) is 4.79 Å². The Labute approximate surface area is 190 Å². The van der Waals surface area contributed by atoms with E-state index >= 15 is 0 Å². The van der Waals surface area contributed by atoms with Gasteiger partial charge in [0.2, 0.25) is 11.8 Å². The number of nitrogens with zero attached hydrogens (tertiary/aromatic N) is 2. The van der Waals surface area contributed by atoms with Crippen molar-refractivity contribution in [3.05, 3.63) is 66.4 Å². The van der Waals surface area contributed by atoms with E-state index in [2.05, 4.69) is 9.97 Å². The fourth-order valence-electron chi connectivity index (χ4n) is 3.37. The van der Waals surface area contributed by atoms with Crippen LogP contribution in [0.2, 0.25) is 0 Å². The molecule has 2 aromatic heterocycles. The monoisotopic (exact) mass is 445 g/mol. The highest BCUT2D eigenvalue weighted by Gasteiger charge is 2.22. The Morgan fingerprint density at radius 2 is 2.00 bits per heavy atom. The molecule has 0 saturated heterocycles. The molecule has 0 bridgehead atoms. The molecule has 2 N–H and O–H groups in total. The van der Waals surface area contributed by atoms with Crippen LogP contribution >= 0.6 is 0 Å². The molecule has 1 fully saturated rings. The van der Waals surface area contributed by atoms with Gasteiger partial charge in [-0.1, -0.05) is 12.1 Å². The van der Waals surface area contributed by atoms with Gasteiger partial charge in [-0.25, -0.2) is 14.8 Å². The summed E-state index contributed by atoms with van der Waals surface area (Å²) in [4.78, 5) is 19.9. The molecule has 33 heavy (non-hydrogen) atoms. The highest BCUT2D eigenvalue weighted by molar-refractivity contribution is 5.77. The molecule has 2 aromatic carbocycles. The molecule has 4 aromatic rings. The molecule has 0 radical (unpaired) electrons. The van der Waals surface area contributed by atoms with Gasteiger partial charge in [-0.15, -0.1) is 0 Å². The van der Waals surface area contributed by atoms with Crippen LogP contribution < -0.4 is 15.2 Å². The lowest BCUT2D eigenvalue weighted by Gasteiger charge is -2.10. The van der Waals surface area contributed by atoms with Crippen molar-refractivity contribution in [2.75, 3.05) is 6.61 Å². The maximum Gasteiger partial charge on any atom is 0.405 e. The van der Waals surface area contributed by atoms with Gasteiger partial charge in [0, 0.05) is 18.3 Å². The van der Waals surface area contributed by atoms with Crippen molar-refractivity contribution in [3.8, 4) is 28.8 Å². The first kappa shape index (κ1) is 20.8. The average molecular weight is 445 g/mol. The largest absolute Gasteiger partial charge is 0.493 e. The Balaban J connectivity index is 1.29. The zero-order valence-electron chi connectivity index (χ0n) is 18.1. The topological polar surface area (TPSA) is 110 Å². The molecule has 1 amide bonds. The number of fused-ring (bicyclic) bond motifs is 1. The average Bonchev–Trinajstić information content (AvgIpc) is 3.54. The van der Waals surface area contributed by atoms with Crippen LogP contribution in [0.4, 0.5) is 4.79 Å². The number of rotatable bonds is 8. The molecule has 2 heterocycles. The molecule has 8 nitrogen and oxygen atoms in total. The van der Waals surface area contributed by atoms with Gasteiger partial charge >= 0.3 is 6.09 Å². The number of aromatic nitrogens is 2. The minimum absolute atomic E-state index is 0.431. The standard InChI is InChI=1S/C25H23N3O5/c1-15(31-25(26)29)17-7-9-21-22(11-17)33-24(28-21)18-8-10-23(27-13-18)32-20-4-2-3-19(12-20)30-14-16-5-6-16/h2-4,7-13,15-16H,5-6,14H2,1H3,(H2,26,29)/t15-/m0/s1. The summed E-state index contributed by atoms with van der Waals surface area (Å²) < 4.78 is 22.6. The number of benzene rings is 2. The molecule has 0 spiro atoms. The molecular formula is C25H23N3O5. The summed E-state index contributed by atoms with van der Waals surface area (Å²) in [5, 5.41) is 0.